The molecule has 1 aromatic rings. The molecule has 5 heteroatoms. The lowest BCUT2D eigenvalue weighted by Gasteiger charge is -2.39. The Kier molecular flexibility index (Phi) is 4.93. The first kappa shape index (κ1) is 15.9. The zero-order valence-electron chi connectivity index (χ0n) is 12.4. The molecule has 1 aromatic carbocycles. The Morgan fingerprint density at radius 3 is 2.52 bits per heavy atom. The van der Waals surface area contributed by atoms with E-state index in [1.54, 1.807) is 23.9 Å². The van der Waals surface area contributed by atoms with Crippen LogP contribution >= 0.6 is 11.8 Å². The van der Waals surface area contributed by atoms with Crippen LogP contribution in [0.25, 0.3) is 0 Å². The van der Waals surface area contributed by atoms with Gasteiger partial charge in [-0.15, -0.1) is 11.8 Å². The molecule has 0 bridgehead atoms. The molecule has 0 heterocycles. The molecule has 1 aliphatic carbocycles. The van der Waals surface area contributed by atoms with Gasteiger partial charge in [-0.1, -0.05) is 12.8 Å². The minimum Gasteiger partial charge on any atom is -0.481 e. The number of thioether (sulfide) groups is 1. The average Bonchev–Trinajstić information content (AvgIpc) is 2.47. The standard InChI is InChI=1S/C16H21NO3S/c1-16(10-4-3-5-13(16)15(19)20)17-14(18)11-6-8-12(21-2)9-7-11/h6-9,13H,3-5,10H2,1-2H3,(H,17,18)(H,19,20). The van der Waals surface area contributed by atoms with E-state index in [4.69, 9.17) is 0 Å². The van der Waals surface area contributed by atoms with Gasteiger partial charge in [0.1, 0.15) is 0 Å². The highest BCUT2D eigenvalue weighted by molar-refractivity contribution is 7.98. The molecule has 0 spiro atoms. The molecular formula is C16H21NO3S. The minimum absolute atomic E-state index is 0.196. The summed E-state index contributed by atoms with van der Waals surface area (Å²) in [6.07, 6.45) is 5.17. The van der Waals surface area contributed by atoms with E-state index in [1.165, 1.54) is 0 Å². The third kappa shape index (κ3) is 3.59. The molecule has 2 N–H and O–H groups in total. The van der Waals surface area contributed by atoms with E-state index >= 15 is 0 Å². The number of carbonyl (C=O) groups excluding carboxylic acids is 1. The van der Waals surface area contributed by atoms with Crippen LogP contribution in [0.5, 0.6) is 0 Å². The van der Waals surface area contributed by atoms with Gasteiger partial charge in [-0.3, -0.25) is 9.59 Å². The first-order valence-electron chi connectivity index (χ1n) is 7.15. The van der Waals surface area contributed by atoms with Gasteiger partial charge in [-0.2, -0.15) is 0 Å². The van der Waals surface area contributed by atoms with E-state index in [1.807, 2.05) is 25.3 Å². The van der Waals surface area contributed by atoms with Gasteiger partial charge in [0.15, 0.2) is 0 Å². The highest BCUT2D eigenvalue weighted by Gasteiger charge is 2.42. The number of nitrogens with one attached hydrogen (secondary N) is 1. The van der Waals surface area contributed by atoms with E-state index in [9.17, 15) is 14.7 Å². The summed E-state index contributed by atoms with van der Waals surface area (Å²) < 4.78 is 0. The first-order chi connectivity index (χ1) is 9.96. The van der Waals surface area contributed by atoms with E-state index in [-0.39, 0.29) is 5.91 Å². The molecular weight excluding hydrogens is 286 g/mol. The van der Waals surface area contributed by atoms with Crippen LogP contribution in [0.1, 0.15) is 43.0 Å². The maximum atomic E-state index is 12.4. The number of aliphatic carboxylic acids is 1. The van der Waals surface area contributed by atoms with E-state index in [0.717, 1.165) is 17.7 Å². The van der Waals surface area contributed by atoms with Crippen LogP contribution in [0, 0.1) is 5.92 Å². The third-order valence-electron chi connectivity index (χ3n) is 4.26. The number of carbonyl (C=O) groups is 2. The maximum Gasteiger partial charge on any atom is 0.308 e. The molecule has 0 radical (unpaired) electrons. The van der Waals surface area contributed by atoms with Crippen molar-refractivity contribution in [1.82, 2.24) is 5.32 Å². The van der Waals surface area contributed by atoms with Crippen LogP contribution in [-0.2, 0) is 4.79 Å². The van der Waals surface area contributed by atoms with Crippen LogP contribution in [0.2, 0.25) is 0 Å². The lowest BCUT2D eigenvalue weighted by atomic mass is 9.73. The highest BCUT2D eigenvalue weighted by atomic mass is 32.2. The van der Waals surface area contributed by atoms with Crippen molar-refractivity contribution >= 4 is 23.6 Å². The zero-order chi connectivity index (χ0) is 15.5. The molecule has 1 aliphatic rings. The summed E-state index contributed by atoms with van der Waals surface area (Å²) in [7, 11) is 0. The van der Waals surface area contributed by atoms with Crippen molar-refractivity contribution < 1.29 is 14.7 Å². The Morgan fingerprint density at radius 1 is 1.29 bits per heavy atom. The molecule has 0 aliphatic heterocycles. The van der Waals surface area contributed by atoms with Crippen LogP contribution < -0.4 is 5.32 Å². The van der Waals surface area contributed by atoms with Gasteiger partial charge in [0.05, 0.1) is 11.5 Å². The van der Waals surface area contributed by atoms with Crippen LogP contribution in [0.15, 0.2) is 29.2 Å². The summed E-state index contributed by atoms with van der Waals surface area (Å²) in [4.78, 5) is 24.9. The van der Waals surface area contributed by atoms with E-state index < -0.39 is 17.4 Å². The molecule has 114 valence electrons. The normalized spacial score (nSPS) is 25.3. The van der Waals surface area contributed by atoms with Gasteiger partial charge in [-0.05, 0) is 50.3 Å². The quantitative estimate of drug-likeness (QED) is 0.839. The molecule has 4 nitrogen and oxygen atoms in total. The van der Waals surface area contributed by atoms with Crippen molar-refractivity contribution in [1.29, 1.82) is 0 Å². The fraction of sp³-hybridized carbons (Fsp3) is 0.500. The van der Waals surface area contributed by atoms with Crippen LogP contribution in [-0.4, -0.2) is 28.8 Å². The van der Waals surface area contributed by atoms with Crippen molar-refractivity contribution in [3.05, 3.63) is 29.8 Å². The Morgan fingerprint density at radius 2 is 1.95 bits per heavy atom. The molecule has 2 rings (SSSR count). The summed E-state index contributed by atoms with van der Waals surface area (Å²) in [5, 5.41) is 12.3. The van der Waals surface area contributed by atoms with Crippen LogP contribution in [0.4, 0.5) is 0 Å². The molecule has 1 fully saturated rings. The monoisotopic (exact) mass is 307 g/mol. The fourth-order valence-corrected chi connectivity index (χ4v) is 3.36. The third-order valence-corrected chi connectivity index (χ3v) is 5.00. The Hall–Kier alpha value is -1.49. The molecule has 2 atom stereocenters. The van der Waals surface area contributed by atoms with E-state index in [0.29, 0.717) is 18.4 Å². The number of carboxylic acid groups (broad SMARTS) is 1. The molecule has 1 amide bonds. The van der Waals surface area contributed by atoms with Crippen molar-refractivity contribution in [2.45, 2.75) is 43.0 Å². The molecule has 0 aromatic heterocycles. The van der Waals surface area contributed by atoms with Gasteiger partial charge in [0.25, 0.3) is 5.91 Å². The second-order valence-corrected chi connectivity index (χ2v) is 6.62. The summed E-state index contributed by atoms with van der Waals surface area (Å²) in [6, 6.07) is 7.36. The average molecular weight is 307 g/mol. The summed E-state index contributed by atoms with van der Waals surface area (Å²) in [5.41, 5.74) is -0.0944. The lowest BCUT2D eigenvalue weighted by Crippen LogP contribution is -2.55. The highest BCUT2D eigenvalue weighted by Crippen LogP contribution is 2.34. The fourth-order valence-electron chi connectivity index (χ4n) is 2.95. The Balaban J connectivity index is 2.13. The van der Waals surface area contributed by atoms with Gasteiger partial charge >= 0.3 is 5.97 Å². The first-order valence-corrected chi connectivity index (χ1v) is 8.38. The SMILES string of the molecule is CSc1ccc(C(=O)NC2(C)CCCCC2C(=O)O)cc1. The predicted molar refractivity (Wildman–Crippen MR) is 83.7 cm³/mol. The second-order valence-electron chi connectivity index (χ2n) is 5.74. The number of benzene rings is 1. The number of hydrogen-bond acceptors (Lipinski definition) is 3. The maximum absolute atomic E-state index is 12.4. The van der Waals surface area contributed by atoms with Gasteiger partial charge in [0, 0.05) is 10.5 Å². The summed E-state index contributed by atoms with van der Waals surface area (Å²) in [6.45, 7) is 1.85. The van der Waals surface area contributed by atoms with E-state index in [2.05, 4.69) is 5.32 Å². The largest absolute Gasteiger partial charge is 0.481 e. The molecule has 2 unspecified atom stereocenters. The van der Waals surface area contributed by atoms with Crippen molar-refractivity contribution in [2.75, 3.05) is 6.26 Å². The van der Waals surface area contributed by atoms with Crippen molar-refractivity contribution in [3.63, 3.8) is 0 Å². The molecule has 21 heavy (non-hydrogen) atoms. The minimum atomic E-state index is -0.824. The second kappa shape index (κ2) is 6.52. The summed E-state index contributed by atoms with van der Waals surface area (Å²) >= 11 is 1.62. The molecule has 1 saturated carbocycles. The van der Waals surface area contributed by atoms with Gasteiger partial charge in [-0.25, -0.2) is 0 Å². The number of amides is 1. The Labute approximate surface area is 129 Å². The molecule has 0 saturated heterocycles. The zero-order valence-corrected chi connectivity index (χ0v) is 13.2. The number of hydrogen-bond donors (Lipinski definition) is 2. The van der Waals surface area contributed by atoms with Gasteiger partial charge in [0.2, 0.25) is 0 Å². The summed E-state index contributed by atoms with van der Waals surface area (Å²) in [5.74, 6) is -1.53. The smallest absolute Gasteiger partial charge is 0.308 e. The predicted octanol–water partition coefficient (Wildman–Crippen LogP) is 3.17. The van der Waals surface area contributed by atoms with Crippen molar-refractivity contribution in [2.24, 2.45) is 5.92 Å². The number of carboxylic acids is 1. The van der Waals surface area contributed by atoms with Crippen molar-refractivity contribution in [3.8, 4) is 0 Å². The van der Waals surface area contributed by atoms with Gasteiger partial charge < -0.3 is 10.4 Å². The van der Waals surface area contributed by atoms with Crippen LogP contribution in [0.3, 0.4) is 0 Å². The number of rotatable bonds is 4. The lowest BCUT2D eigenvalue weighted by molar-refractivity contribution is -0.145. The topological polar surface area (TPSA) is 66.4 Å². The Bertz CT molecular complexity index is 529.